The zero-order chi connectivity index (χ0) is 12.8. The molecule has 17 heavy (non-hydrogen) atoms. The van der Waals surface area contributed by atoms with Crippen LogP contribution in [0.3, 0.4) is 0 Å². The molecular weight excluding hydrogens is 224 g/mol. The Balaban J connectivity index is 2.07. The molecule has 0 radical (unpaired) electrons. The quantitative estimate of drug-likeness (QED) is 0.714. The standard InChI is InChI=1S/C11H18N2O4/c1-10(2,3)17-9(15)13-6-11(8(12)14)4-7(13)5-16-11/h7H,4-6H2,1-3H3,(H2,12,14). The predicted octanol–water partition coefficient (Wildman–Crippen LogP) is 0.250. The maximum absolute atomic E-state index is 11.9. The molecule has 2 aliphatic heterocycles. The minimum absolute atomic E-state index is 0.0997. The Bertz CT molecular complexity index is 363. The third kappa shape index (κ3) is 2.09. The number of ether oxygens (including phenoxy) is 2. The van der Waals surface area contributed by atoms with E-state index in [1.807, 2.05) is 0 Å². The molecule has 6 heteroatoms. The summed E-state index contributed by atoms with van der Waals surface area (Å²) in [5, 5.41) is 0. The van der Waals surface area contributed by atoms with Crippen molar-refractivity contribution in [3.63, 3.8) is 0 Å². The molecule has 2 bridgehead atoms. The van der Waals surface area contributed by atoms with Crippen molar-refractivity contribution in [2.45, 2.75) is 44.4 Å². The molecule has 0 aromatic carbocycles. The summed E-state index contributed by atoms with van der Waals surface area (Å²) in [6.45, 7) is 5.96. The van der Waals surface area contributed by atoms with Crippen molar-refractivity contribution in [2.24, 2.45) is 5.73 Å². The molecule has 0 aromatic rings. The molecule has 0 aliphatic carbocycles. The topological polar surface area (TPSA) is 81.9 Å². The van der Waals surface area contributed by atoms with E-state index in [0.717, 1.165) is 0 Å². The van der Waals surface area contributed by atoms with Crippen LogP contribution < -0.4 is 5.73 Å². The highest BCUT2D eigenvalue weighted by atomic mass is 16.6. The lowest BCUT2D eigenvalue weighted by Gasteiger charge is -2.32. The van der Waals surface area contributed by atoms with Gasteiger partial charge < -0.3 is 15.2 Å². The molecule has 2 unspecified atom stereocenters. The zero-order valence-electron chi connectivity index (χ0n) is 10.4. The van der Waals surface area contributed by atoms with Crippen LogP contribution in [0.4, 0.5) is 4.79 Å². The summed E-state index contributed by atoms with van der Waals surface area (Å²) >= 11 is 0. The van der Waals surface area contributed by atoms with Gasteiger partial charge in [-0.25, -0.2) is 4.79 Å². The molecule has 2 saturated heterocycles. The van der Waals surface area contributed by atoms with Crippen LogP contribution in [0.5, 0.6) is 0 Å². The second-order valence-corrected chi connectivity index (χ2v) is 5.64. The number of nitrogens with two attached hydrogens (primary N) is 1. The van der Waals surface area contributed by atoms with Gasteiger partial charge in [-0.2, -0.15) is 0 Å². The van der Waals surface area contributed by atoms with Gasteiger partial charge in [0.05, 0.1) is 19.2 Å². The highest BCUT2D eigenvalue weighted by molar-refractivity contribution is 5.86. The molecule has 2 heterocycles. The second-order valence-electron chi connectivity index (χ2n) is 5.64. The van der Waals surface area contributed by atoms with Gasteiger partial charge in [0.2, 0.25) is 0 Å². The minimum Gasteiger partial charge on any atom is -0.444 e. The summed E-state index contributed by atoms with van der Waals surface area (Å²) < 4.78 is 10.7. The van der Waals surface area contributed by atoms with Gasteiger partial charge in [0, 0.05) is 6.42 Å². The lowest BCUT2D eigenvalue weighted by atomic mass is 10.0. The number of fused-ring (bicyclic) bond motifs is 2. The zero-order valence-corrected chi connectivity index (χ0v) is 10.4. The van der Waals surface area contributed by atoms with E-state index in [1.54, 1.807) is 25.7 Å². The first kappa shape index (κ1) is 12.2. The second kappa shape index (κ2) is 3.60. The van der Waals surface area contributed by atoms with Gasteiger partial charge in [-0.3, -0.25) is 9.69 Å². The average molecular weight is 242 g/mol. The van der Waals surface area contributed by atoms with Crippen LogP contribution in [0.25, 0.3) is 0 Å². The van der Waals surface area contributed by atoms with Crippen LogP contribution >= 0.6 is 0 Å². The molecule has 96 valence electrons. The van der Waals surface area contributed by atoms with E-state index in [9.17, 15) is 9.59 Å². The fourth-order valence-corrected chi connectivity index (χ4v) is 2.25. The van der Waals surface area contributed by atoms with E-state index >= 15 is 0 Å². The SMILES string of the molecule is CC(C)(C)OC(=O)N1CC2(C(N)=O)CC1CO2. The largest absolute Gasteiger partial charge is 0.444 e. The van der Waals surface area contributed by atoms with Crippen LogP contribution in [0.2, 0.25) is 0 Å². The third-order valence-electron chi connectivity index (χ3n) is 3.06. The van der Waals surface area contributed by atoms with Gasteiger partial charge in [0.1, 0.15) is 5.60 Å². The summed E-state index contributed by atoms with van der Waals surface area (Å²) in [6.07, 6.45) is 0.0654. The Morgan fingerprint density at radius 3 is 2.59 bits per heavy atom. The number of hydrogen-bond donors (Lipinski definition) is 1. The summed E-state index contributed by atoms with van der Waals surface area (Å²) in [7, 11) is 0. The molecule has 2 N–H and O–H groups in total. The number of amides is 2. The van der Waals surface area contributed by atoms with Crippen molar-refractivity contribution in [2.75, 3.05) is 13.2 Å². The Kier molecular flexibility index (Phi) is 2.57. The first-order valence-electron chi connectivity index (χ1n) is 5.67. The van der Waals surface area contributed by atoms with Crippen LogP contribution in [-0.4, -0.2) is 47.3 Å². The van der Waals surface area contributed by atoms with E-state index in [0.29, 0.717) is 13.0 Å². The monoisotopic (exact) mass is 242 g/mol. The van der Waals surface area contributed by atoms with Gasteiger partial charge in [0.15, 0.2) is 5.60 Å². The Hall–Kier alpha value is -1.30. The molecule has 0 spiro atoms. The first-order chi connectivity index (χ1) is 7.73. The number of hydrogen-bond acceptors (Lipinski definition) is 4. The van der Waals surface area contributed by atoms with E-state index in [1.165, 1.54) is 0 Å². The molecule has 2 atom stereocenters. The smallest absolute Gasteiger partial charge is 0.410 e. The first-order valence-corrected chi connectivity index (χ1v) is 5.67. The summed E-state index contributed by atoms with van der Waals surface area (Å²) in [6, 6.07) is -0.0997. The molecule has 2 rings (SSSR count). The van der Waals surface area contributed by atoms with E-state index < -0.39 is 23.2 Å². The Labute approximate surface area is 100 Å². The van der Waals surface area contributed by atoms with Crippen molar-refractivity contribution in [1.29, 1.82) is 0 Å². The van der Waals surface area contributed by atoms with Crippen molar-refractivity contribution < 1.29 is 19.1 Å². The molecule has 2 amide bonds. The maximum Gasteiger partial charge on any atom is 0.410 e. The number of primary amides is 1. The van der Waals surface area contributed by atoms with Crippen LogP contribution in [-0.2, 0) is 14.3 Å². The lowest BCUT2D eigenvalue weighted by Crippen LogP contribution is -2.52. The normalized spacial score (nSPS) is 31.7. The molecular formula is C11H18N2O4. The van der Waals surface area contributed by atoms with Gasteiger partial charge in [-0.05, 0) is 20.8 Å². The van der Waals surface area contributed by atoms with E-state index in [4.69, 9.17) is 15.2 Å². The van der Waals surface area contributed by atoms with Crippen molar-refractivity contribution in [3.05, 3.63) is 0 Å². The highest BCUT2D eigenvalue weighted by Gasteiger charge is 2.57. The fraction of sp³-hybridized carbons (Fsp3) is 0.818. The van der Waals surface area contributed by atoms with Crippen LogP contribution in [0.15, 0.2) is 0 Å². The highest BCUT2D eigenvalue weighted by Crippen LogP contribution is 2.37. The summed E-state index contributed by atoms with van der Waals surface area (Å²) in [4.78, 5) is 24.8. The van der Waals surface area contributed by atoms with E-state index in [2.05, 4.69) is 0 Å². The molecule has 2 fully saturated rings. The minimum atomic E-state index is -0.998. The van der Waals surface area contributed by atoms with Crippen LogP contribution in [0, 0.1) is 0 Å². The third-order valence-corrected chi connectivity index (χ3v) is 3.06. The predicted molar refractivity (Wildman–Crippen MR) is 59.2 cm³/mol. The summed E-state index contributed by atoms with van der Waals surface area (Å²) in [5.41, 5.74) is 3.78. The molecule has 6 nitrogen and oxygen atoms in total. The van der Waals surface area contributed by atoms with Crippen molar-refractivity contribution in [3.8, 4) is 0 Å². The van der Waals surface area contributed by atoms with Gasteiger partial charge in [-0.1, -0.05) is 0 Å². The molecule has 0 saturated carbocycles. The summed E-state index contributed by atoms with van der Waals surface area (Å²) in [5.74, 6) is -0.508. The fourth-order valence-electron chi connectivity index (χ4n) is 2.25. The van der Waals surface area contributed by atoms with E-state index in [-0.39, 0.29) is 12.6 Å². The van der Waals surface area contributed by atoms with Gasteiger partial charge in [0.25, 0.3) is 5.91 Å². The molecule has 0 aromatic heterocycles. The number of carbonyl (C=O) groups excluding carboxylic acids is 2. The number of carbonyl (C=O) groups is 2. The maximum atomic E-state index is 11.9. The van der Waals surface area contributed by atoms with Gasteiger partial charge >= 0.3 is 6.09 Å². The number of rotatable bonds is 1. The lowest BCUT2D eigenvalue weighted by molar-refractivity contribution is -0.140. The number of likely N-dealkylation sites (tertiary alicyclic amines) is 1. The van der Waals surface area contributed by atoms with Crippen molar-refractivity contribution >= 4 is 12.0 Å². The molecule has 2 aliphatic rings. The van der Waals surface area contributed by atoms with Crippen molar-refractivity contribution in [1.82, 2.24) is 4.90 Å². The Morgan fingerprint density at radius 2 is 2.12 bits per heavy atom. The van der Waals surface area contributed by atoms with Crippen LogP contribution in [0.1, 0.15) is 27.2 Å². The van der Waals surface area contributed by atoms with Gasteiger partial charge in [-0.15, -0.1) is 0 Å². The number of nitrogens with zero attached hydrogens (tertiary/aromatic N) is 1. The number of morpholine rings is 1. The average Bonchev–Trinajstić information content (AvgIpc) is 2.72. The Morgan fingerprint density at radius 1 is 1.47 bits per heavy atom.